The fourth-order valence-corrected chi connectivity index (χ4v) is 1.90. The predicted molar refractivity (Wildman–Crippen MR) is 52.8 cm³/mol. The first-order valence-corrected chi connectivity index (χ1v) is 6.24. The third-order valence-electron chi connectivity index (χ3n) is 1.91. The van der Waals surface area contributed by atoms with Crippen molar-refractivity contribution in [3.63, 3.8) is 0 Å². The standard InChI is InChI=1S/C8H18O5S/c1-8(9,7(12-2)13-3)5-6-14(4,10)11/h7,9H,5-6H2,1-4H3. The molecule has 0 radical (unpaired) electrons. The maximum absolute atomic E-state index is 10.9. The van der Waals surface area contributed by atoms with Crippen LogP contribution in [0.1, 0.15) is 13.3 Å². The van der Waals surface area contributed by atoms with Crippen LogP contribution >= 0.6 is 0 Å². The molecular weight excluding hydrogens is 208 g/mol. The molecule has 14 heavy (non-hydrogen) atoms. The molecule has 0 amide bonds. The highest BCUT2D eigenvalue weighted by molar-refractivity contribution is 7.90. The van der Waals surface area contributed by atoms with Crippen LogP contribution < -0.4 is 0 Å². The molecule has 86 valence electrons. The number of hydrogen-bond acceptors (Lipinski definition) is 5. The zero-order chi connectivity index (χ0) is 11.4. The molecule has 6 heteroatoms. The number of ether oxygens (including phenoxy) is 2. The Balaban J connectivity index is 4.32. The van der Waals surface area contributed by atoms with E-state index in [1.807, 2.05) is 0 Å². The Labute approximate surface area is 84.9 Å². The summed E-state index contributed by atoms with van der Waals surface area (Å²) >= 11 is 0. The molecule has 5 nitrogen and oxygen atoms in total. The van der Waals surface area contributed by atoms with Crippen LogP contribution in [0.4, 0.5) is 0 Å². The van der Waals surface area contributed by atoms with Crippen LogP contribution in [0.15, 0.2) is 0 Å². The van der Waals surface area contributed by atoms with Gasteiger partial charge in [0.15, 0.2) is 6.29 Å². The highest BCUT2D eigenvalue weighted by Gasteiger charge is 2.32. The minimum atomic E-state index is -3.08. The largest absolute Gasteiger partial charge is 0.385 e. The van der Waals surface area contributed by atoms with E-state index in [1.165, 1.54) is 21.1 Å². The van der Waals surface area contributed by atoms with Gasteiger partial charge in [0.1, 0.15) is 15.4 Å². The van der Waals surface area contributed by atoms with Gasteiger partial charge in [-0.2, -0.15) is 0 Å². The second-order valence-electron chi connectivity index (χ2n) is 3.54. The number of methoxy groups -OCH3 is 2. The molecule has 0 aromatic heterocycles. The topological polar surface area (TPSA) is 72.8 Å². The van der Waals surface area contributed by atoms with Gasteiger partial charge in [0, 0.05) is 20.5 Å². The minimum Gasteiger partial charge on any atom is -0.385 e. The molecule has 0 aromatic rings. The summed E-state index contributed by atoms with van der Waals surface area (Å²) in [6.45, 7) is 1.48. The first kappa shape index (κ1) is 13.8. The van der Waals surface area contributed by atoms with Gasteiger partial charge in [0.2, 0.25) is 0 Å². The summed E-state index contributed by atoms with van der Waals surface area (Å²) in [5.41, 5.74) is -1.30. The van der Waals surface area contributed by atoms with Gasteiger partial charge in [-0.3, -0.25) is 0 Å². The van der Waals surface area contributed by atoms with E-state index in [1.54, 1.807) is 0 Å². The van der Waals surface area contributed by atoms with Gasteiger partial charge in [-0.25, -0.2) is 8.42 Å². The molecule has 1 atom stereocenters. The summed E-state index contributed by atoms with van der Waals surface area (Å²) < 4.78 is 31.5. The van der Waals surface area contributed by atoms with E-state index in [4.69, 9.17) is 9.47 Å². The van der Waals surface area contributed by atoms with Crippen molar-refractivity contribution in [1.82, 2.24) is 0 Å². The number of hydrogen-bond donors (Lipinski definition) is 1. The van der Waals surface area contributed by atoms with E-state index in [2.05, 4.69) is 0 Å². The molecule has 0 aliphatic carbocycles. The zero-order valence-corrected chi connectivity index (χ0v) is 9.80. The number of aliphatic hydroxyl groups is 1. The van der Waals surface area contributed by atoms with Crippen molar-refractivity contribution in [1.29, 1.82) is 0 Å². The summed E-state index contributed by atoms with van der Waals surface area (Å²) in [5.74, 6) is -0.0940. The molecule has 0 saturated carbocycles. The fourth-order valence-electron chi connectivity index (χ4n) is 1.11. The summed E-state index contributed by atoms with van der Waals surface area (Å²) in [7, 11) is -0.294. The summed E-state index contributed by atoms with van der Waals surface area (Å²) in [5, 5.41) is 9.82. The smallest absolute Gasteiger partial charge is 0.185 e. The Morgan fingerprint density at radius 1 is 1.36 bits per heavy atom. The van der Waals surface area contributed by atoms with Gasteiger partial charge in [-0.15, -0.1) is 0 Å². The monoisotopic (exact) mass is 226 g/mol. The lowest BCUT2D eigenvalue weighted by molar-refractivity contribution is -0.208. The summed E-state index contributed by atoms with van der Waals surface area (Å²) in [4.78, 5) is 0. The molecule has 0 aromatic carbocycles. The molecule has 0 heterocycles. The van der Waals surface area contributed by atoms with Crippen LogP contribution in [0.25, 0.3) is 0 Å². The molecule has 0 saturated heterocycles. The van der Waals surface area contributed by atoms with E-state index >= 15 is 0 Å². The molecule has 1 N–H and O–H groups in total. The SMILES string of the molecule is COC(OC)C(C)(O)CCS(C)(=O)=O. The Bertz CT molecular complexity index is 253. The third kappa shape index (κ3) is 4.90. The van der Waals surface area contributed by atoms with Crippen molar-refractivity contribution in [2.45, 2.75) is 25.2 Å². The highest BCUT2D eigenvalue weighted by Crippen LogP contribution is 2.18. The maximum Gasteiger partial charge on any atom is 0.185 e. The van der Waals surface area contributed by atoms with Gasteiger partial charge < -0.3 is 14.6 Å². The van der Waals surface area contributed by atoms with Gasteiger partial charge in [-0.05, 0) is 13.3 Å². The molecule has 0 rings (SSSR count). The van der Waals surface area contributed by atoms with E-state index in [9.17, 15) is 13.5 Å². The van der Waals surface area contributed by atoms with E-state index in [-0.39, 0.29) is 12.2 Å². The number of rotatable bonds is 6. The summed E-state index contributed by atoms with van der Waals surface area (Å²) in [6, 6.07) is 0. The second-order valence-corrected chi connectivity index (χ2v) is 5.80. The normalized spacial score (nSPS) is 17.0. The Hall–Kier alpha value is -0.170. The van der Waals surface area contributed by atoms with E-state index < -0.39 is 21.7 Å². The zero-order valence-electron chi connectivity index (χ0n) is 8.98. The third-order valence-corrected chi connectivity index (χ3v) is 2.86. The van der Waals surface area contributed by atoms with Crippen LogP contribution in [0.3, 0.4) is 0 Å². The van der Waals surface area contributed by atoms with Crippen molar-refractivity contribution >= 4 is 9.84 Å². The lowest BCUT2D eigenvalue weighted by Gasteiger charge is -2.30. The van der Waals surface area contributed by atoms with Crippen LogP contribution in [0.5, 0.6) is 0 Å². The van der Waals surface area contributed by atoms with Crippen LogP contribution in [-0.4, -0.2) is 51.6 Å². The molecule has 0 spiro atoms. The van der Waals surface area contributed by atoms with Crippen LogP contribution in [0.2, 0.25) is 0 Å². The number of sulfone groups is 1. The first-order valence-electron chi connectivity index (χ1n) is 4.18. The molecule has 1 unspecified atom stereocenters. The lowest BCUT2D eigenvalue weighted by Crippen LogP contribution is -2.43. The Morgan fingerprint density at radius 3 is 2.07 bits per heavy atom. The molecule has 0 aliphatic heterocycles. The Morgan fingerprint density at radius 2 is 1.79 bits per heavy atom. The van der Waals surface area contributed by atoms with Gasteiger partial charge in [0.25, 0.3) is 0 Å². The molecule has 0 bridgehead atoms. The lowest BCUT2D eigenvalue weighted by atomic mass is 10.0. The van der Waals surface area contributed by atoms with Gasteiger partial charge >= 0.3 is 0 Å². The van der Waals surface area contributed by atoms with Crippen molar-refractivity contribution in [2.75, 3.05) is 26.2 Å². The van der Waals surface area contributed by atoms with E-state index in [0.29, 0.717) is 0 Å². The molecular formula is C8H18O5S. The fraction of sp³-hybridized carbons (Fsp3) is 1.00. The van der Waals surface area contributed by atoms with Gasteiger partial charge in [0.05, 0.1) is 5.75 Å². The average molecular weight is 226 g/mol. The highest BCUT2D eigenvalue weighted by atomic mass is 32.2. The van der Waals surface area contributed by atoms with Crippen molar-refractivity contribution in [2.24, 2.45) is 0 Å². The second kappa shape index (κ2) is 5.06. The molecule has 0 aliphatic rings. The van der Waals surface area contributed by atoms with Crippen molar-refractivity contribution in [3.8, 4) is 0 Å². The van der Waals surface area contributed by atoms with Gasteiger partial charge in [-0.1, -0.05) is 0 Å². The first-order chi connectivity index (χ1) is 6.23. The summed E-state index contributed by atoms with van der Waals surface area (Å²) in [6.07, 6.45) is 0.389. The Kier molecular flexibility index (Phi) is 5.00. The van der Waals surface area contributed by atoms with Crippen LogP contribution in [0, 0.1) is 0 Å². The van der Waals surface area contributed by atoms with Crippen LogP contribution in [-0.2, 0) is 19.3 Å². The quantitative estimate of drug-likeness (QED) is 0.634. The maximum atomic E-state index is 10.9. The van der Waals surface area contributed by atoms with Crippen molar-refractivity contribution < 1.29 is 23.0 Å². The van der Waals surface area contributed by atoms with E-state index in [0.717, 1.165) is 6.26 Å². The average Bonchev–Trinajstić information content (AvgIpc) is 2.02. The molecule has 0 fully saturated rings. The minimum absolute atomic E-state index is 0.0815. The predicted octanol–water partition coefficient (Wildman–Crippen LogP) is -0.209. The van der Waals surface area contributed by atoms with Crippen molar-refractivity contribution in [3.05, 3.63) is 0 Å².